The van der Waals surface area contributed by atoms with Gasteiger partial charge in [0.2, 0.25) is 0 Å². The molecule has 8 aliphatic rings. The smallest absolute Gasteiger partial charge is 0.0988 e. The number of ether oxygens (including phenoxy) is 2. The maximum absolute atomic E-state index is 6.87. The Balaban J connectivity index is 1.07. The number of rotatable bonds is 6. The molecular weight excluding hydrogens is 528 g/mol. The number of nitrogens with zero attached hydrogens (tertiary/aromatic N) is 1. The number of allylic oxidation sites excluding steroid dienone is 1. The Hall–Kier alpha value is -0.580. The highest BCUT2D eigenvalue weighted by Gasteiger charge is 2.63. The van der Waals surface area contributed by atoms with Gasteiger partial charge in [-0.2, -0.15) is 0 Å². The lowest BCUT2D eigenvalue weighted by Crippen LogP contribution is -2.62. The lowest BCUT2D eigenvalue weighted by atomic mass is 9.60. The second-order valence-corrected chi connectivity index (χ2v) is 20.0. The van der Waals surface area contributed by atoms with Crippen LogP contribution in [0.4, 0.5) is 0 Å². The molecule has 8 rings (SSSR count). The topological polar surface area (TPSA) is 33.7 Å². The number of piperidine rings is 2. The van der Waals surface area contributed by atoms with E-state index in [9.17, 15) is 0 Å². The predicted octanol–water partition coefficient (Wildman–Crippen LogP) is 7.78. The third-order valence-electron chi connectivity index (χ3n) is 15.6. The van der Waals surface area contributed by atoms with Crippen molar-refractivity contribution in [2.75, 3.05) is 26.2 Å². The van der Waals surface area contributed by atoms with Crippen LogP contribution in [0, 0.1) is 75.4 Å². The van der Waals surface area contributed by atoms with Gasteiger partial charge in [0.25, 0.3) is 0 Å². The van der Waals surface area contributed by atoms with Crippen LogP contribution >= 0.6 is 0 Å². The third kappa shape index (κ3) is 4.51. The van der Waals surface area contributed by atoms with E-state index in [2.05, 4.69) is 78.6 Å². The van der Waals surface area contributed by atoms with Crippen molar-refractivity contribution in [3.63, 3.8) is 0 Å². The minimum absolute atomic E-state index is 0.191. The molecule has 0 aromatic heterocycles. The second-order valence-electron chi connectivity index (χ2n) is 20.0. The minimum atomic E-state index is 0.191. The van der Waals surface area contributed by atoms with E-state index in [4.69, 9.17) is 9.47 Å². The molecule has 0 radical (unpaired) electrons. The highest BCUT2D eigenvalue weighted by atomic mass is 16.5. The van der Waals surface area contributed by atoms with E-state index < -0.39 is 0 Å². The Bertz CT molecular complexity index is 1120. The summed E-state index contributed by atoms with van der Waals surface area (Å²) in [5, 5.41) is 4.23. The fourth-order valence-corrected chi connectivity index (χ4v) is 12.6. The number of nitrogens with one attached hydrogen (secondary N) is 1. The molecule has 43 heavy (non-hydrogen) atoms. The fraction of sp³-hybridized carbons (Fsp3) is 0.949. The molecule has 4 heterocycles. The van der Waals surface area contributed by atoms with E-state index in [0.29, 0.717) is 35.5 Å². The average molecular weight is 593 g/mol. The number of hydrogen-bond donors (Lipinski definition) is 1. The zero-order chi connectivity index (χ0) is 30.3. The van der Waals surface area contributed by atoms with E-state index >= 15 is 0 Å². The Morgan fingerprint density at radius 2 is 1.53 bits per heavy atom. The van der Waals surface area contributed by atoms with Crippen LogP contribution in [0.2, 0.25) is 0 Å². The highest BCUT2D eigenvalue weighted by molar-refractivity contribution is 5.22. The molecule has 0 aromatic carbocycles. The number of fused-ring (bicyclic) bond motifs is 4. The van der Waals surface area contributed by atoms with Crippen LogP contribution in [-0.4, -0.2) is 54.9 Å². The molecule has 14 unspecified atom stereocenters. The van der Waals surface area contributed by atoms with Crippen molar-refractivity contribution >= 4 is 0 Å². The maximum Gasteiger partial charge on any atom is 0.0988 e. The first-order valence-corrected chi connectivity index (χ1v) is 18.6. The van der Waals surface area contributed by atoms with Crippen molar-refractivity contribution < 1.29 is 9.47 Å². The summed E-state index contributed by atoms with van der Waals surface area (Å²) in [4.78, 5) is 3.00. The summed E-state index contributed by atoms with van der Waals surface area (Å²) in [6.45, 7) is 27.7. The van der Waals surface area contributed by atoms with E-state index in [0.717, 1.165) is 54.0 Å². The quantitative estimate of drug-likeness (QED) is 0.342. The van der Waals surface area contributed by atoms with Gasteiger partial charge in [0, 0.05) is 30.6 Å². The first-order valence-electron chi connectivity index (χ1n) is 18.6. The Morgan fingerprint density at radius 3 is 2.14 bits per heavy atom. The van der Waals surface area contributed by atoms with Crippen LogP contribution < -0.4 is 5.32 Å². The van der Waals surface area contributed by atoms with Crippen LogP contribution in [0.25, 0.3) is 0 Å². The third-order valence-corrected chi connectivity index (χ3v) is 15.6. The highest BCUT2D eigenvalue weighted by Crippen LogP contribution is 2.64. The van der Waals surface area contributed by atoms with Gasteiger partial charge >= 0.3 is 0 Å². The SMILES string of the molecule is CC(C)(C)C1CC2C(CC(C)(N3CC4CC4C3)C(C)(C)C3C=C4OCC4C3)NCCC2C1C1CCC2C1OC2C(C)(C)C. The zero-order valence-corrected chi connectivity index (χ0v) is 29.1. The average Bonchev–Trinajstić information content (AvgIpc) is 3.20. The van der Waals surface area contributed by atoms with Crippen molar-refractivity contribution in [1.29, 1.82) is 0 Å². The van der Waals surface area contributed by atoms with Crippen LogP contribution in [0.15, 0.2) is 11.8 Å². The monoisotopic (exact) mass is 592 g/mol. The molecule has 4 aliphatic heterocycles. The van der Waals surface area contributed by atoms with Gasteiger partial charge in [-0.1, -0.05) is 55.4 Å². The molecule has 4 saturated heterocycles. The van der Waals surface area contributed by atoms with Gasteiger partial charge in [0.15, 0.2) is 0 Å². The van der Waals surface area contributed by atoms with Gasteiger partial charge in [-0.15, -0.1) is 0 Å². The molecule has 4 aliphatic carbocycles. The fourth-order valence-electron chi connectivity index (χ4n) is 12.6. The van der Waals surface area contributed by atoms with Gasteiger partial charge in [0.1, 0.15) is 0 Å². The summed E-state index contributed by atoms with van der Waals surface area (Å²) < 4.78 is 12.8. The van der Waals surface area contributed by atoms with Crippen molar-refractivity contribution in [1.82, 2.24) is 10.2 Å². The van der Waals surface area contributed by atoms with Gasteiger partial charge in [-0.3, -0.25) is 4.90 Å². The molecule has 0 bridgehead atoms. The predicted molar refractivity (Wildman–Crippen MR) is 174 cm³/mol. The van der Waals surface area contributed by atoms with Crippen molar-refractivity contribution in [2.45, 2.75) is 131 Å². The largest absolute Gasteiger partial charge is 0.497 e. The molecule has 0 amide bonds. The van der Waals surface area contributed by atoms with E-state index in [1.165, 1.54) is 70.3 Å². The number of hydrogen-bond acceptors (Lipinski definition) is 4. The van der Waals surface area contributed by atoms with Crippen molar-refractivity contribution in [3.05, 3.63) is 11.8 Å². The van der Waals surface area contributed by atoms with Crippen molar-refractivity contribution in [3.8, 4) is 0 Å². The molecule has 3 saturated carbocycles. The first-order chi connectivity index (χ1) is 20.2. The van der Waals surface area contributed by atoms with Gasteiger partial charge < -0.3 is 14.8 Å². The lowest BCUT2D eigenvalue weighted by molar-refractivity contribution is -0.231. The molecule has 0 spiro atoms. The Morgan fingerprint density at radius 1 is 0.814 bits per heavy atom. The Labute approximate surface area is 263 Å². The lowest BCUT2D eigenvalue weighted by Gasteiger charge is -2.56. The Kier molecular flexibility index (Phi) is 6.74. The molecule has 242 valence electrons. The van der Waals surface area contributed by atoms with E-state index in [1.807, 2.05) is 0 Å². The van der Waals surface area contributed by atoms with Gasteiger partial charge in [-0.05, 0) is 128 Å². The molecule has 1 N–H and O–H groups in total. The second kappa shape index (κ2) is 9.72. The summed E-state index contributed by atoms with van der Waals surface area (Å²) in [5.74, 6) is 9.44. The molecule has 7 fully saturated rings. The molecule has 4 heteroatoms. The maximum atomic E-state index is 6.87. The van der Waals surface area contributed by atoms with Crippen LogP contribution in [0.1, 0.15) is 107 Å². The van der Waals surface area contributed by atoms with E-state index in [1.54, 1.807) is 0 Å². The molecule has 4 nitrogen and oxygen atoms in total. The summed E-state index contributed by atoms with van der Waals surface area (Å²) >= 11 is 0. The number of likely N-dealkylation sites (tertiary alicyclic amines) is 1. The van der Waals surface area contributed by atoms with Crippen LogP contribution in [0.5, 0.6) is 0 Å². The van der Waals surface area contributed by atoms with Crippen LogP contribution in [0.3, 0.4) is 0 Å². The standard InChI is InChI=1S/C39H64N2O2/c1-36(2,3)30-17-29-26(33(30)27-10-11-28-34(27)43-35(28)37(4,5)6)12-13-40-31(29)18-39(9,41-19-22-14-23(22)20-41)38(7,8)25-15-24-21-42-32(24)16-25/h16,22-31,33-35,40H,10-15,17-21H2,1-9H3. The van der Waals surface area contributed by atoms with Gasteiger partial charge in [0.05, 0.1) is 30.5 Å². The summed E-state index contributed by atoms with van der Waals surface area (Å²) in [5.41, 5.74) is 1.03. The van der Waals surface area contributed by atoms with Crippen molar-refractivity contribution in [2.24, 2.45) is 75.4 Å². The normalized spacial score (nSPS) is 48.7. The minimum Gasteiger partial charge on any atom is -0.497 e. The van der Waals surface area contributed by atoms with Crippen LogP contribution in [-0.2, 0) is 9.47 Å². The summed E-state index contributed by atoms with van der Waals surface area (Å²) in [6, 6.07) is 0.624. The molecule has 14 atom stereocenters. The summed E-state index contributed by atoms with van der Waals surface area (Å²) in [7, 11) is 0. The molecular formula is C39H64N2O2. The summed E-state index contributed by atoms with van der Waals surface area (Å²) in [6.07, 6.45) is 13.2. The van der Waals surface area contributed by atoms with E-state index in [-0.39, 0.29) is 16.4 Å². The zero-order valence-electron chi connectivity index (χ0n) is 29.1. The van der Waals surface area contributed by atoms with Gasteiger partial charge in [-0.25, -0.2) is 0 Å². The first kappa shape index (κ1) is 29.8. The molecule has 0 aromatic rings.